The molecule has 1 heterocycles. The van der Waals surface area contributed by atoms with Gasteiger partial charge in [-0.1, -0.05) is 6.92 Å². The van der Waals surface area contributed by atoms with E-state index in [1.54, 1.807) is 0 Å². The fraction of sp³-hybridized carbons (Fsp3) is 1.00. The van der Waals surface area contributed by atoms with Crippen LogP contribution in [0.4, 0.5) is 0 Å². The maximum Gasteiger partial charge on any atom is 0.0547 e. The molecule has 0 aliphatic carbocycles. The molecule has 0 bridgehead atoms. The van der Waals surface area contributed by atoms with Gasteiger partial charge in [0.25, 0.3) is 0 Å². The molecule has 1 atom stereocenters. The van der Waals surface area contributed by atoms with Gasteiger partial charge in [0.15, 0.2) is 0 Å². The molecule has 0 spiro atoms. The van der Waals surface area contributed by atoms with Crippen molar-refractivity contribution in [3.63, 3.8) is 0 Å². The van der Waals surface area contributed by atoms with Gasteiger partial charge in [-0.05, 0) is 26.2 Å². The Hall–Kier alpha value is -0.160. The summed E-state index contributed by atoms with van der Waals surface area (Å²) in [7, 11) is 0. The van der Waals surface area contributed by atoms with Crippen LogP contribution in [0.2, 0.25) is 0 Å². The van der Waals surface area contributed by atoms with Crippen LogP contribution in [-0.4, -0.2) is 47.9 Å². The molecule has 1 rings (SSSR count). The fourth-order valence-electron chi connectivity index (χ4n) is 1.22. The number of ether oxygens (including phenoxy) is 1. The van der Waals surface area contributed by atoms with Crippen LogP contribution in [0.3, 0.4) is 0 Å². The van der Waals surface area contributed by atoms with Crippen LogP contribution in [0.15, 0.2) is 0 Å². The van der Waals surface area contributed by atoms with Gasteiger partial charge >= 0.3 is 0 Å². The van der Waals surface area contributed by atoms with E-state index in [-0.39, 0.29) is 19.8 Å². The quantitative estimate of drug-likeness (QED) is 0.647. The van der Waals surface area contributed by atoms with E-state index in [1.165, 1.54) is 12.8 Å². The van der Waals surface area contributed by atoms with Gasteiger partial charge in [-0.15, -0.1) is 0 Å². The van der Waals surface area contributed by atoms with Crippen molar-refractivity contribution in [3.05, 3.63) is 0 Å². The molecule has 1 fully saturated rings. The number of aliphatic hydroxyl groups excluding tert-OH is 3. The van der Waals surface area contributed by atoms with Crippen molar-refractivity contribution in [2.24, 2.45) is 5.41 Å². The Kier molecular flexibility index (Phi) is 7.96. The first kappa shape index (κ1) is 14.8. The molecule has 1 aliphatic rings. The molecule has 0 aromatic carbocycles. The van der Waals surface area contributed by atoms with Crippen LogP contribution in [0.1, 0.15) is 33.1 Å². The van der Waals surface area contributed by atoms with Crippen LogP contribution in [0.5, 0.6) is 0 Å². The van der Waals surface area contributed by atoms with Gasteiger partial charge in [-0.3, -0.25) is 0 Å². The fourth-order valence-corrected chi connectivity index (χ4v) is 1.22. The second-order valence-corrected chi connectivity index (χ2v) is 4.15. The summed E-state index contributed by atoms with van der Waals surface area (Å²) >= 11 is 0. The number of rotatable bonds is 4. The molecule has 15 heavy (non-hydrogen) atoms. The van der Waals surface area contributed by atoms with Gasteiger partial charge in [0.1, 0.15) is 0 Å². The summed E-state index contributed by atoms with van der Waals surface area (Å²) < 4.78 is 5.15. The zero-order chi connectivity index (χ0) is 11.7. The molecule has 0 amide bonds. The van der Waals surface area contributed by atoms with Gasteiger partial charge in [-0.2, -0.15) is 0 Å². The SMILES string of the molecule is CC1CCCO1.CCC(CO)(CO)CO. The second kappa shape index (κ2) is 8.05. The maximum atomic E-state index is 8.66. The summed E-state index contributed by atoms with van der Waals surface area (Å²) in [4.78, 5) is 0. The standard InChI is InChI=1S/C6H14O3.C5H10O/c1-2-6(3-7,4-8)5-9;1-5-3-2-4-6-5/h7-9H,2-5H2,1H3;5H,2-4H2,1H3. The summed E-state index contributed by atoms with van der Waals surface area (Å²) in [5.74, 6) is 0. The summed E-state index contributed by atoms with van der Waals surface area (Å²) in [6.45, 7) is 4.46. The van der Waals surface area contributed by atoms with Crippen molar-refractivity contribution in [2.75, 3.05) is 26.4 Å². The lowest BCUT2D eigenvalue weighted by Crippen LogP contribution is -2.32. The third kappa shape index (κ3) is 5.47. The highest BCUT2D eigenvalue weighted by Gasteiger charge is 2.24. The van der Waals surface area contributed by atoms with Gasteiger partial charge in [0, 0.05) is 12.0 Å². The minimum Gasteiger partial charge on any atom is -0.396 e. The van der Waals surface area contributed by atoms with E-state index in [0.717, 1.165) is 6.61 Å². The average molecular weight is 220 g/mol. The van der Waals surface area contributed by atoms with Crippen molar-refractivity contribution in [2.45, 2.75) is 39.2 Å². The van der Waals surface area contributed by atoms with E-state index in [0.29, 0.717) is 12.5 Å². The lowest BCUT2D eigenvalue weighted by molar-refractivity contribution is 0.00304. The minimum absolute atomic E-state index is 0.156. The van der Waals surface area contributed by atoms with E-state index >= 15 is 0 Å². The molecule has 4 nitrogen and oxygen atoms in total. The Morgan fingerprint density at radius 2 is 1.73 bits per heavy atom. The molecule has 0 saturated carbocycles. The lowest BCUT2D eigenvalue weighted by atomic mass is 9.88. The molecule has 0 aromatic rings. The van der Waals surface area contributed by atoms with E-state index in [2.05, 4.69) is 6.92 Å². The van der Waals surface area contributed by atoms with Crippen LogP contribution in [-0.2, 0) is 4.74 Å². The molecule has 1 saturated heterocycles. The third-order valence-electron chi connectivity index (χ3n) is 2.91. The monoisotopic (exact) mass is 220 g/mol. The molecule has 4 heteroatoms. The molecular formula is C11H24O4. The predicted molar refractivity (Wildman–Crippen MR) is 58.6 cm³/mol. The Bertz CT molecular complexity index is 122. The van der Waals surface area contributed by atoms with Crippen molar-refractivity contribution < 1.29 is 20.1 Å². The van der Waals surface area contributed by atoms with Crippen LogP contribution in [0, 0.1) is 5.41 Å². The van der Waals surface area contributed by atoms with E-state index in [1.807, 2.05) is 6.92 Å². The third-order valence-corrected chi connectivity index (χ3v) is 2.91. The summed E-state index contributed by atoms with van der Waals surface area (Å²) in [5, 5.41) is 26.0. The van der Waals surface area contributed by atoms with Crippen LogP contribution in [0.25, 0.3) is 0 Å². The van der Waals surface area contributed by atoms with E-state index in [4.69, 9.17) is 20.1 Å². The lowest BCUT2D eigenvalue weighted by Gasteiger charge is -2.24. The first-order valence-corrected chi connectivity index (χ1v) is 5.58. The highest BCUT2D eigenvalue weighted by atomic mass is 16.5. The van der Waals surface area contributed by atoms with Crippen molar-refractivity contribution in [1.29, 1.82) is 0 Å². The zero-order valence-electron chi connectivity index (χ0n) is 9.78. The first-order chi connectivity index (χ1) is 7.14. The van der Waals surface area contributed by atoms with Crippen molar-refractivity contribution >= 4 is 0 Å². The normalized spacial score (nSPS) is 21.0. The zero-order valence-corrected chi connectivity index (χ0v) is 9.78. The maximum absolute atomic E-state index is 8.66. The number of hydrogen-bond acceptors (Lipinski definition) is 4. The Labute approximate surface area is 91.9 Å². The average Bonchev–Trinajstić information content (AvgIpc) is 2.74. The smallest absolute Gasteiger partial charge is 0.0547 e. The van der Waals surface area contributed by atoms with Crippen molar-refractivity contribution in [3.8, 4) is 0 Å². The largest absolute Gasteiger partial charge is 0.396 e. The topological polar surface area (TPSA) is 69.9 Å². The van der Waals surface area contributed by atoms with Crippen LogP contribution >= 0.6 is 0 Å². The van der Waals surface area contributed by atoms with Crippen LogP contribution < -0.4 is 0 Å². The summed E-state index contributed by atoms with van der Waals surface area (Å²) in [5.41, 5.74) is -0.667. The first-order valence-electron chi connectivity index (χ1n) is 5.58. The molecule has 92 valence electrons. The van der Waals surface area contributed by atoms with Gasteiger partial charge in [0.05, 0.1) is 25.9 Å². The molecular weight excluding hydrogens is 196 g/mol. The molecule has 3 N–H and O–H groups in total. The molecule has 0 aromatic heterocycles. The van der Waals surface area contributed by atoms with E-state index in [9.17, 15) is 0 Å². The molecule has 1 unspecified atom stereocenters. The minimum atomic E-state index is -0.667. The molecule has 0 radical (unpaired) electrons. The molecule has 1 aliphatic heterocycles. The number of aliphatic hydroxyl groups is 3. The second-order valence-electron chi connectivity index (χ2n) is 4.15. The summed E-state index contributed by atoms with van der Waals surface area (Å²) in [6.07, 6.45) is 3.67. The highest BCUT2D eigenvalue weighted by Crippen LogP contribution is 2.18. The Morgan fingerprint density at radius 3 is 1.80 bits per heavy atom. The Balaban J connectivity index is 0.000000280. The van der Waals surface area contributed by atoms with Gasteiger partial charge in [-0.25, -0.2) is 0 Å². The highest BCUT2D eigenvalue weighted by molar-refractivity contribution is 4.74. The van der Waals surface area contributed by atoms with E-state index < -0.39 is 5.41 Å². The predicted octanol–water partition coefficient (Wildman–Crippen LogP) is 0.545. The summed E-state index contributed by atoms with van der Waals surface area (Å²) in [6, 6.07) is 0. The van der Waals surface area contributed by atoms with Gasteiger partial charge in [0.2, 0.25) is 0 Å². The number of hydrogen-bond donors (Lipinski definition) is 3. The Morgan fingerprint density at radius 1 is 1.20 bits per heavy atom. The van der Waals surface area contributed by atoms with Crippen molar-refractivity contribution in [1.82, 2.24) is 0 Å². The van der Waals surface area contributed by atoms with Gasteiger partial charge < -0.3 is 20.1 Å².